The average molecular weight is 443 g/mol. The summed E-state index contributed by atoms with van der Waals surface area (Å²) in [6.07, 6.45) is 0.751. The van der Waals surface area contributed by atoms with E-state index in [-0.39, 0.29) is 0 Å². The minimum atomic E-state index is -3.37. The number of aryl methyl sites for hydroxylation is 1. The fourth-order valence-electron chi connectivity index (χ4n) is 2.69. The van der Waals surface area contributed by atoms with Crippen LogP contribution in [0.15, 0.2) is 33.5 Å². The van der Waals surface area contributed by atoms with Crippen molar-refractivity contribution >= 4 is 38.7 Å². The molecule has 28 heavy (non-hydrogen) atoms. The smallest absolute Gasteiger partial charge is 0.252 e. The molecule has 0 fully saturated rings. The predicted molar refractivity (Wildman–Crippen MR) is 120 cm³/mol. The molecule has 0 aliphatic heterocycles. The number of nitrogens with one attached hydrogen (secondary N) is 2. The van der Waals surface area contributed by atoms with E-state index in [9.17, 15) is 8.42 Å². The van der Waals surface area contributed by atoms with Crippen LogP contribution >= 0.6 is 22.7 Å². The van der Waals surface area contributed by atoms with Crippen molar-refractivity contribution in [1.82, 2.24) is 14.9 Å². The molecule has 0 spiro atoms. The molecule has 0 amide bonds. The molecule has 2 aromatic rings. The van der Waals surface area contributed by atoms with E-state index in [1.807, 2.05) is 26.8 Å². The zero-order valence-corrected chi connectivity index (χ0v) is 19.4. The zero-order chi connectivity index (χ0) is 20.6. The normalized spacial score (nSPS) is 12.5. The molecule has 0 saturated heterocycles. The molecule has 2 aromatic heterocycles. The van der Waals surface area contributed by atoms with Gasteiger partial charge in [0.25, 0.3) is 10.0 Å². The summed E-state index contributed by atoms with van der Waals surface area (Å²) in [5.74, 6) is 0.779. The Bertz CT molecular complexity index is 867. The minimum absolute atomic E-state index is 0.417. The summed E-state index contributed by atoms with van der Waals surface area (Å²) < 4.78 is 27.1. The van der Waals surface area contributed by atoms with Gasteiger partial charge < -0.3 is 10.6 Å². The van der Waals surface area contributed by atoms with Crippen molar-refractivity contribution in [3.8, 4) is 0 Å². The Labute approximate surface area is 176 Å². The van der Waals surface area contributed by atoms with Crippen molar-refractivity contribution in [2.24, 2.45) is 4.99 Å². The first kappa shape index (κ1) is 22.9. The molecule has 0 bridgehead atoms. The topological polar surface area (TPSA) is 73.8 Å². The van der Waals surface area contributed by atoms with Crippen LogP contribution in [0.3, 0.4) is 0 Å². The molecular formula is C19H30N4O2S3. The lowest BCUT2D eigenvalue weighted by atomic mass is 10.3. The minimum Gasteiger partial charge on any atom is -0.357 e. The monoisotopic (exact) mass is 442 g/mol. The summed E-state index contributed by atoms with van der Waals surface area (Å²) in [6, 6.07) is 7.83. The van der Waals surface area contributed by atoms with Crippen molar-refractivity contribution in [1.29, 1.82) is 0 Å². The summed E-state index contributed by atoms with van der Waals surface area (Å²) >= 11 is 3.11. The highest BCUT2D eigenvalue weighted by molar-refractivity contribution is 7.91. The van der Waals surface area contributed by atoms with E-state index in [0.29, 0.717) is 30.4 Å². The van der Waals surface area contributed by atoms with E-state index < -0.39 is 10.0 Å². The van der Waals surface area contributed by atoms with Crippen LogP contribution in [-0.2, 0) is 23.0 Å². The Kier molecular flexibility index (Phi) is 8.94. The number of hydrogen-bond acceptors (Lipinski definition) is 5. The molecular weight excluding hydrogens is 412 g/mol. The molecule has 2 rings (SSSR count). The lowest BCUT2D eigenvalue weighted by Crippen LogP contribution is -2.38. The largest absolute Gasteiger partial charge is 0.357 e. The molecule has 156 valence electrons. The van der Waals surface area contributed by atoms with Gasteiger partial charge >= 0.3 is 0 Å². The van der Waals surface area contributed by atoms with E-state index in [0.717, 1.165) is 23.8 Å². The molecule has 0 aliphatic rings. The molecule has 2 N–H and O–H groups in total. The Balaban J connectivity index is 1.93. The van der Waals surface area contributed by atoms with E-state index in [1.165, 1.54) is 25.4 Å². The third-order valence-electron chi connectivity index (χ3n) is 4.13. The maximum Gasteiger partial charge on any atom is 0.252 e. The van der Waals surface area contributed by atoms with Gasteiger partial charge in [0.2, 0.25) is 0 Å². The number of rotatable bonds is 10. The second kappa shape index (κ2) is 10.9. The Morgan fingerprint density at radius 2 is 1.75 bits per heavy atom. The van der Waals surface area contributed by atoms with Crippen molar-refractivity contribution in [2.45, 2.75) is 44.9 Å². The average Bonchev–Trinajstić information content (AvgIpc) is 3.30. The first-order valence-electron chi connectivity index (χ1n) is 9.57. The van der Waals surface area contributed by atoms with E-state index >= 15 is 0 Å². The SMILES string of the molecule is CCNC(=NCc1ccc(C)s1)NCCc1ccc(S(=O)(=O)N(CC)CC)s1. The van der Waals surface area contributed by atoms with Crippen LogP contribution in [0.25, 0.3) is 0 Å². The zero-order valence-electron chi connectivity index (χ0n) is 17.0. The Hall–Kier alpha value is -1.42. The summed E-state index contributed by atoms with van der Waals surface area (Å²) in [5, 5.41) is 6.58. The van der Waals surface area contributed by atoms with Gasteiger partial charge in [0.05, 0.1) is 6.54 Å². The molecule has 2 heterocycles. The first-order valence-corrected chi connectivity index (χ1v) is 12.6. The fraction of sp³-hybridized carbons (Fsp3) is 0.526. The molecule has 6 nitrogen and oxygen atoms in total. The Morgan fingerprint density at radius 3 is 2.36 bits per heavy atom. The molecule has 9 heteroatoms. The van der Waals surface area contributed by atoms with Crippen LogP contribution in [0.2, 0.25) is 0 Å². The first-order chi connectivity index (χ1) is 13.4. The maximum absolute atomic E-state index is 12.6. The van der Waals surface area contributed by atoms with Crippen LogP contribution in [0.1, 0.15) is 35.4 Å². The number of guanidine groups is 1. The van der Waals surface area contributed by atoms with Gasteiger partial charge in [0.15, 0.2) is 5.96 Å². The lowest BCUT2D eigenvalue weighted by Gasteiger charge is -2.16. The molecule has 0 aliphatic carbocycles. The Morgan fingerprint density at radius 1 is 1.04 bits per heavy atom. The highest BCUT2D eigenvalue weighted by Gasteiger charge is 2.23. The van der Waals surface area contributed by atoms with Crippen LogP contribution < -0.4 is 10.6 Å². The van der Waals surface area contributed by atoms with Crippen molar-refractivity contribution in [2.75, 3.05) is 26.2 Å². The van der Waals surface area contributed by atoms with E-state index in [1.54, 1.807) is 17.4 Å². The highest BCUT2D eigenvalue weighted by Crippen LogP contribution is 2.25. The van der Waals surface area contributed by atoms with Gasteiger partial charge in [-0.05, 0) is 44.5 Å². The van der Waals surface area contributed by atoms with Crippen molar-refractivity contribution in [3.05, 3.63) is 38.9 Å². The summed E-state index contributed by atoms with van der Waals surface area (Å²) in [5.41, 5.74) is 0. The van der Waals surface area contributed by atoms with Gasteiger partial charge in [0, 0.05) is 40.8 Å². The molecule has 0 aromatic carbocycles. The van der Waals surface area contributed by atoms with Crippen LogP contribution in [0.4, 0.5) is 0 Å². The molecule has 0 saturated carbocycles. The third-order valence-corrected chi connectivity index (χ3v) is 8.78. The van der Waals surface area contributed by atoms with Crippen LogP contribution in [0, 0.1) is 6.92 Å². The maximum atomic E-state index is 12.6. The van der Waals surface area contributed by atoms with Crippen LogP contribution in [-0.4, -0.2) is 44.9 Å². The predicted octanol–water partition coefficient (Wildman–Crippen LogP) is 3.45. The van der Waals surface area contributed by atoms with Gasteiger partial charge in [0.1, 0.15) is 4.21 Å². The number of nitrogens with zero attached hydrogens (tertiary/aromatic N) is 2. The van der Waals surface area contributed by atoms with Gasteiger partial charge in [-0.15, -0.1) is 22.7 Å². The number of aliphatic imine (C=N–C) groups is 1. The standard InChI is InChI=1S/C19H30N4O2S3/c1-5-20-19(22-14-17-9-8-15(4)26-17)21-13-12-16-10-11-18(27-16)28(24,25)23(6-2)7-3/h8-11H,5-7,12-14H2,1-4H3,(H2,20,21,22). The second-order valence-corrected chi connectivity index (χ2v) is 10.9. The fourth-order valence-corrected chi connectivity index (χ4v) is 6.48. The number of sulfonamides is 1. The van der Waals surface area contributed by atoms with Crippen LogP contribution in [0.5, 0.6) is 0 Å². The highest BCUT2D eigenvalue weighted by atomic mass is 32.2. The summed E-state index contributed by atoms with van der Waals surface area (Å²) in [6.45, 7) is 11.0. The summed E-state index contributed by atoms with van der Waals surface area (Å²) in [7, 11) is -3.37. The van der Waals surface area contributed by atoms with Gasteiger partial charge in [-0.3, -0.25) is 0 Å². The quantitative estimate of drug-likeness (QED) is 0.437. The van der Waals surface area contributed by atoms with Gasteiger partial charge in [-0.2, -0.15) is 4.31 Å². The molecule has 0 atom stereocenters. The van der Waals surface area contributed by atoms with E-state index in [2.05, 4.69) is 34.7 Å². The lowest BCUT2D eigenvalue weighted by molar-refractivity contribution is 0.447. The third kappa shape index (κ3) is 6.30. The van der Waals surface area contributed by atoms with Gasteiger partial charge in [-0.1, -0.05) is 13.8 Å². The van der Waals surface area contributed by atoms with Gasteiger partial charge in [-0.25, -0.2) is 13.4 Å². The van der Waals surface area contributed by atoms with Crippen molar-refractivity contribution in [3.63, 3.8) is 0 Å². The second-order valence-electron chi connectivity index (χ2n) is 6.19. The number of hydrogen-bond donors (Lipinski definition) is 2. The molecule has 0 unspecified atom stereocenters. The molecule has 0 radical (unpaired) electrons. The number of thiophene rings is 2. The van der Waals surface area contributed by atoms with E-state index in [4.69, 9.17) is 0 Å². The summed E-state index contributed by atoms with van der Waals surface area (Å²) in [4.78, 5) is 8.19. The van der Waals surface area contributed by atoms with Crippen molar-refractivity contribution < 1.29 is 8.42 Å².